The van der Waals surface area contributed by atoms with Crippen LogP contribution in [0.25, 0.3) is 0 Å². The van der Waals surface area contributed by atoms with Gasteiger partial charge in [-0.15, -0.1) is 18.2 Å². The van der Waals surface area contributed by atoms with Crippen molar-refractivity contribution >= 4 is 17.7 Å². The highest BCUT2D eigenvalue weighted by Gasteiger charge is 2.35. The SMILES string of the molecule is C#CC(c1cc(C2COC(c3cc(OC)c(OC)c(OC)c3)C2)cc(OC)c1OCCSc1ccc(F)cc1)N(O)C(=O)C1CCCCC1. The number of hydrogen-bond acceptors (Lipinski definition) is 9. The zero-order valence-corrected chi connectivity index (χ0v) is 29.2. The van der Waals surface area contributed by atoms with Gasteiger partial charge in [0.05, 0.1) is 47.8 Å². The molecular formula is C38H44FNO8S. The second-order valence-corrected chi connectivity index (χ2v) is 13.3. The Hall–Kier alpha value is -4.11. The molecule has 2 fully saturated rings. The fourth-order valence-electron chi connectivity index (χ4n) is 6.56. The lowest BCUT2D eigenvalue weighted by molar-refractivity contribution is -0.177. The molecule has 1 heterocycles. The molecule has 1 N–H and O–H groups in total. The van der Waals surface area contributed by atoms with Gasteiger partial charge in [0.1, 0.15) is 11.9 Å². The maximum absolute atomic E-state index is 13.5. The quantitative estimate of drug-likeness (QED) is 0.0598. The summed E-state index contributed by atoms with van der Waals surface area (Å²) >= 11 is 1.51. The topological polar surface area (TPSA) is 95.9 Å². The Morgan fingerprint density at radius 2 is 1.59 bits per heavy atom. The van der Waals surface area contributed by atoms with Crippen molar-refractivity contribution in [2.24, 2.45) is 5.92 Å². The summed E-state index contributed by atoms with van der Waals surface area (Å²) in [6, 6.07) is 12.7. The van der Waals surface area contributed by atoms with Crippen LogP contribution in [-0.2, 0) is 9.53 Å². The molecule has 1 amide bonds. The number of benzene rings is 3. The molecular weight excluding hydrogens is 649 g/mol. The summed E-state index contributed by atoms with van der Waals surface area (Å²) in [6.07, 6.45) is 10.8. The molecule has 2 aliphatic rings. The van der Waals surface area contributed by atoms with Gasteiger partial charge in [0, 0.05) is 28.0 Å². The first-order valence-electron chi connectivity index (χ1n) is 16.4. The number of amides is 1. The molecule has 5 rings (SSSR count). The average molecular weight is 694 g/mol. The summed E-state index contributed by atoms with van der Waals surface area (Å²) in [5.74, 6) is 4.50. The molecule has 262 valence electrons. The number of hydroxylamine groups is 2. The number of nitrogens with zero attached hydrogens (tertiary/aromatic N) is 1. The van der Waals surface area contributed by atoms with Crippen molar-refractivity contribution in [1.29, 1.82) is 0 Å². The van der Waals surface area contributed by atoms with Crippen LogP contribution in [0, 0.1) is 24.1 Å². The summed E-state index contributed by atoms with van der Waals surface area (Å²) < 4.78 is 48.4. The van der Waals surface area contributed by atoms with Crippen molar-refractivity contribution in [2.75, 3.05) is 47.4 Å². The van der Waals surface area contributed by atoms with E-state index >= 15 is 0 Å². The molecule has 9 nitrogen and oxygen atoms in total. The van der Waals surface area contributed by atoms with Gasteiger partial charge < -0.3 is 28.4 Å². The third-order valence-corrected chi connectivity index (χ3v) is 10.1. The molecule has 11 heteroatoms. The molecule has 1 aliphatic carbocycles. The van der Waals surface area contributed by atoms with E-state index in [1.54, 1.807) is 40.6 Å². The summed E-state index contributed by atoms with van der Waals surface area (Å²) in [4.78, 5) is 14.4. The standard InChI is InChI=1S/C38H44FNO8S/c1-6-31(40(42)38(41)24-10-8-7-9-11-24)30-18-25(19-33(43-2)36(30)47-16-17-49-29-14-12-28(39)13-15-29)27-22-32(48-23-27)26-20-34(44-3)37(46-5)35(21-26)45-4/h1,12-15,18-21,24,27,31-32,42H,7-11,16-17,22-23H2,2-5H3. The van der Waals surface area contributed by atoms with E-state index < -0.39 is 11.9 Å². The first kappa shape index (κ1) is 36.2. The molecule has 0 spiro atoms. The molecule has 1 saturated heterocycles. The molecule has 0 radical (unpaired) electrons. The van der Waals surface area contributed by atoms with E-state index in [1.807, 2.05) is 24.3 Å². The molecule has 3 aromatic carbocycles. The predicted octanol–water partition coefficient (Wildman–Crippen LogP) is 7.75. The van der Waals surface area contributed by atoms with E-state index in [0.29, 0.717) is 71.0 Å². The van der Waals surface area contributed by atoms with Crippen molar-refractivity contribution in [3.63, 3.8) is 0 Å². The summed E-state index contributed by atoms with van der Waals surface area (Å²) in [6.45, 7) is 0.669. The van der Waals surface area contributed by atoms with Gasteiger partial charge in [-0.25, -0.2) is 9.45 Å². The van der Waals surface area contributed by atoms with Crippen molar-refractivity contribution in [3.8, 4) is 41.1 Å². The number of terminal acetylenes is 1. The smallest absolute Gasteiger partial charge is 0.250 e. The van der Waals surface area contributed by atoms with Gasteiger partial charge in [-0.2, -0.15) is 0 Å². The number of ether oxygens (including phenoxy) is 6. The second kappa shape index (κ2) is 17.0. The monoisotopic (exact) mass is 693 g/mol. The van der Waals surface area contributed by atoms with Crippen molar-refractivity contribution < 1.29 is 42.8 Å². The van der Waals surface area contributed by atoms with E-state index in [9.17, 15) is 14.4 Å². The summed E-state index contributed by atoms with van der Waals surface area (Å²) in [5, 5.41) is 12.0. The van der Waals surface area contributed by atoms with E-state index in [-0.39, 0.29) is 30.4 Å². The minimum absolute atomic E-state index is 0.0700. The van der Waals surface area contributed by atoms with Crippen LogP contribution in [0.2, 0.25) is 0 Å². The van der Waals surface area contributed by atoms with E-state index in [0.717, 1.165) is 35.3 Å². The maximum Gasteiger partial charge on any atom is 0.250 e. The zero-order chi connectivity index (χ0) is 34.9. The number of thioether (sulfide) groups is 1. The highest BCUT2D eigenvalue weighted by Crippen LogP contribution is 2.47. The van der Waals surface area contributed by atoms with Gasteiger partial charge in [-0.3, -0.25) is 10.0 Å². The summed E-state index contributed by atoms with van der Waals surface area (Å²) in [5.41, 5.74) is 2.20. The normalized spacial score (nSPS) is 18.3. The van der Waals surface area contributed by atoms with Crippen LogP contribution in [-0.4, -0.2) is 63.6 Å². The third-order valence-electron chi connectivity index (χ3n) is 9.14. The lowest BCUT2D eigenvalue weighted by atomic mass is 9.87. The largest absolute Gasteiger partial charge is 0.493 e. The van der Waals surface area contributed by atoms with E-state index in [4.69, 9.17) is 34.8 Å². The fraction of sp³-hybridized carbons (Fsp3) is 0.447. The van der Waals surface area contributed by atoms with Crippen LogP contribution >= 0.6 is 11.8 Å². The van der Waals surface area contributed by atoms with Gasteiger partial charge in [-0.05, 0) is 78.9 Å². The first-order valence-corrected chi connectivity index (χ1v) is 17.4. The van der Waals surface area contributed by atoms with E-state index in [1.165, 1.54) is 23.9 Å². The van der Waals surface area contributed by atoms with Crippen molar-refractivity contribution in [1.82, 2.24) is 5.06 Å². The Morgan fingerprint density at radius 1 is 0.959 bits per heavy atom. The van der Waals surface area contributed by atoms with Gasteiger partial charge >= 0.3 is 0 Å². The van der Waals surface area contributed by atoms with Crippen LogP contribution in [0.15, 0.2) is 53.4 Å². The number of hydrogen-bond donors (Lipinski definition) is 1. The second-order valence-electron chi connectivity index (χ2n) is 12.1. The number of halogens is 1. The van der Waals surface area contributed by atoms with Crippen LogP contribution in [0.3, 0.4) is 0 Å². The molecule has 1 saturated carbocycles. The van der Waals surface area contributed by atoms with Gasteiger partial charge in [0.15, 0.2) is 23.0 Å². The van der Waals surface area contributed by atoms with Crippen LogP contribution in [0.5, 0.6) is 28.7 Å². The Balaban J connectivity index is 1.44. The van der Waals surface area contributed by atoms with Crippen molar-refractivity contribution in [3.05, 3.63) is 71.0 Å². The first-order chi connectivity index (χ1) is 23.8. The zero-order valence-electron chi connectivity index (χ0n) is 28.4. The fourth-order valence-corrected chi connectivity index (χ4v) is 7.29. The van der Waals surface area contributed by atoms with Gasteiger partial charge in [-0.1, -0.05) is 25.2 Å². The van der Waals surface area contributed by atoms with E-state index in [2.05, 4.69) is 5.92 Å². The summed E-state index contributed by atoms with van der Waals surface area (Å²) in [7, 11) is 6.25. The molecule has 3 unspecified atom stereocenters. The Morgan fingerprint density at radius 3 is 2.20 bits per heavy atom. The van der Waals surface area contributed by atoms with Crippen molar-refractivity contribution in [2.45, 2.75) is 61.5 Å². The van der Waals surface area contributed by atoms with Gasteiger partial charge in [0.25, 0.3) is 5.91 Å². The Kier molecular flexibility index (Phi) is 12.6. The minimum atomic E-state index is -1.11. The molecule has 1 aliphatic heterocycles. The molecule has 3 atom stereocenters. The molecule has 0 bridgehead atoms. The van der Waals surface area contributed by atoms with Crippen LogP contribution < -0.4 is 23.7 Å². The number of carbonyl (C=O) groups is 1. The lowest BCUT2D eigenvalue weighted by Gasteiger charge is -2.30. The molecule has 3 aromatic rings. The highest BCUT2D eigenvalue weighted by molar-refractivity contribution is 7.99. The minimum Gasteiger partial charge on any atom is -0.493 e. The van der Waals surface area contributed by atoms with Crippen LogP contribution in [0.1, 0.15) is 73.3 Å². The number of carbonyl (C=O) groups excluding carboxylic acids is 1. The molecule has 49 heavy (non-hydrogen) atoms. The number of rotatable bonds is 14. The number of methoxy groups -OCH3 is 4. The maximum atomic E-state index is 13.5. The average Bonchev–Trinajstić information content (AvgIpc) is 3.64. The lowest BCUT2D eigenvalue weighted by Crippen LogP contribution is -2.37. The highest BCUT2D eigenvalue weighted by atomic mass is 32.2. The van der Waals surface area contributed by atoms with Gasteiger partial charge in [0.2, 0.25) is 5.75 Å². The third kappa shape index (κ3) is 8.38. The predicted molar refractivity (Wildman–Crippen MR) is 185 cm³/mol. The Bertz CT molecular complexity index is 1600. The Labute approximate surface area is 291 Å². The van der Waals surface area contributed by atoms with Crippen LogP contribution in [0.4, 0.5) is 4.39 Å². The molecule has 0 aromatic heterocycles.